The Kier molecular flexibility index (Phi) is 6.11. The van der Waals surface area contributed by atoms with Crippen LogP contribution in [-0.4, -0.2) is 20.7 Å². The summed E-state index contributed by atoms with van der Waals surface area (Å²) >= 11 is 3.33. The van der Waals surface area contributed by atoms with Crippen LogP contribution in [0.4, 0.5) is 0 Å². The molecule has 0 spiro atoms. The first-order chi connectivity index (χ1) is 8.03. The molecule has 1 rings (SSSR count). The maximum atomic E-state index is 11.6. The van der Waals surface area contributed by atoms with E-state index in [9.17, 15) is 8.42 Å². The fourth-order valence-electron chi connectivity index (χ4n) is 1.30. The number of nitrogens with one attached hydrogen (secondary N) is 1. The van der Waals surface area contributed by atoms with Crippen molar-refractivity contribution < 1.29 is 8.42 Å². The summed E-state index contributed by atoms with van der Waals surface area (Å²) in [6, 6.07) is 7.54. The Labute approximate surface area is 111 Å². The fraction of sp³-hybridized carbons (Fsp3) is 0.455. The van der Waals surface area contributed by atoms with Crippen LogP contribution in [0.15, 0.2) is 28.7 Å². The molecule has 4 nitrogen and oxygen atoms in total. The van der Waals surface area contributed by atoms with E-state index in [1.807, 2.05) is 24.3 Å². The fourth-order valence-corrected chi connectivity index (χ4v) is 2.68. The Balaban J connectivity index is 2.41. The molecule has 0 amide bonds. The highest BCUT2D eigenvalue weighted by Gasteiger charge is 2.08. The van der Waals surface area contributed by atoms with Gasteiger partial charge in [-0.2, -0.15) is 0 Å². The Morgan fingerprint density at radius 1 is 1.18 bits per heavy atom. The molecule has 17 heavy (non-hydrogen) atoms. The van der Waals surface area contributed by atoms with Gasteiger partial charge in [0.05, 0.1) is 5.75 Å². The van der Waals surface area contributed by atoms with Crippen molar-refractivity contribution >= 4 is 26.0 Å². The summed E-state index contributed by atoms with van der Waals surface area (Å²) in [6.45, 7) is 0.862. The first-order valence-electron chi connectivity index (χ1n) is 5.45. The number of hydrogen-bond donors (Lipinski definition) is 2. The van der Waals surface area contributed by atoms with Gasteiger partial charge >= 0.3 is 0 Å². The summed E-state index contributed by atoms with van der Waals surface area (Å²) < 4.78 is 26.7. The van der Waals surface area contributed by atoms with E-state index >= 15 is 0 Å². The van der Waals surface area contributed by atoms with E-state index in [1.54, 1.807) is 0 Å². The van der Waals surface area contributed by atoms with Crippen LogP contribution in [0.25, 0.3) is 0 Å². The molecule has 0 saturated heterocycles. The molecule has 0 bridgehead atoms. The summed E-state index contributed by atoms with van der Waals surface area (Å²) in [7, 11) is -3.18. The van der Waals surface area contributed by atoms with Crippen LogP contribution < -0.4 is 10.5 Å². The minimum Gasteiger partial charge on any atom is -0.330 e. The van der Waals surface area contributed by atoms with Crippen LogP contribution in [-0.2, 0) is 16.6 Å². The van der Waals surface area contributed by atoms with Gasteiger partial charge in [-0.15, -0.1) is 0 Å². The van der Waals surface area contributed by atoms with Crippen LogP contribution in [0.2, 0.25) is 0 Å². The standard InChI is InChI=1S/C11H17BrN2O2S/c12-11-5-3-10(4-6-11)9-14-17(15,16)8-2-1-7-13/h3-6,14H,1-2,7-9,13H2. The first-order valence-corrected chi connectivity index (χ1v) is 7.90. The summed E-state index contributed by atoms with van der Waals surface area (Å²) in [6.07, 6.45) is 1.34. The zero-order valence-corrected chi connectivity index (χ0v) is 11.9. The second-order valence-corrected chi connectivity index (χ2v) is 6.60. The highest BCUT2D eigenvalue weighted by atomic mass is 79.9. The topological polar surface area (TPSA) is 72.2 Å². The molecule has 0 heterocycles. The number of sulfonamides is 1. The van der Waals surface area contributed by atoms with Crippen LogP contribution in [0, 0.1) is 0 Å². The maximum absolute atomic E-state index is 11.6. The van der Waals surface area contributed by atoms with Crippen LogP contribution >= 0.6 is 15.9 Å². The Morgan fingerprint density at radius 2 is 1.82 bits per heavy atom. The summed E-state index contributed by atoms with van der Waals surface area (Å²) in [4.78, 5) is 0. The van der Waals surface area contributed by atoms with E-state index in [0.717, 1.165) is 16.5 Å². The molecule has 1 aromatic rings. The van der Waals surface area contributed by atoms with Crippen LogP contribution in [0.5, 0.6) is 0 Å². The minimum atomic E-state index is -3.18. The third-order valence-electron chi connectivity index (χ3n) is 2.28. The zero-order chi connectivity index (χ0) is 12.7. The molecule has 0 unspecified atom stereocenters. The smallest absolute Gasteiger partial charge is 0.211 e. The molecular weight excluding hydrogens is 304 g/mol. The second kappa shape index (κ2) is 7.10. The van der Waals surface area contributed by atoms with Gasteiger partial charge in [0, 0.05) is 11.0 Å². The van der Waals surface area contributed by atoms with Gasteiger partial charge in [-0.25, -0.2) is 13.1 Å². The highest BCUT2D eigenvalue weighted by molar-refractivity contribution is 9.10. The molecular formula is C11H17BrN2O2S. The van der Waals surface area contributed by atoms with Gasteiger partial charge in [0.15, 0.2) is 0 Å². The van der Waals surface area contributed by atoms with E-state index < -0.39 is 10.0 Å². The molecule has 0 aliphatic rings. The van der Waals surface area contributed by atoms with Crippen molar-refractivity contribution in [2.24, 2.45) is 5.73 Å². The van der Waals surface area contributed by atoms with E-state index in [-0.39, 0.29) is 5.75 Å². The molecule has 96 valence electrons. The maximum Gasteiger partial charge on any atom is 0.211 e. The van der Waals surface area contributed by atoms with Gasteiger partial charge in [-0.05, 0) is 37.1 Å². The number of hydrogen-bond acceptors (Lipinski definition) is 3. The first kappa shape index (κ1) is 14.6. The average Bonchev–Trinajstić information content (AvgIpc) is 2.29. The van der Waals surface area contributed by atoms with E-state index in [1.165, 1.54) is 0 Å². The van der Waals surface area contributed by atoms with Crippen LogP contribution in [0.3, 0.4) is 0 Å². The largest absolute Gasteiger partial charge is 0.330 e. The Morgan fingerprint density at radius 3 is 2.41 bits per heavy atom. The molecule has 0 aliphatic carbocycles. The SMILES string of the molecule is NCCCCS(=O)(=O)NCc1ccc(Br)cc1. The zero-order valence-electron chi connectivity index (χ0n) is 9.52. The minimum absolute atomic E-state index is 0.140. The lowest BCUT2D eigenvalue weighted by molar-refractivity contribution is 0.577. The van der Waals surface area contributed by atoms with Crippen molar-refractivity contribution in [3.05, 3.63) is 34.3 Å². The van der Waals surface area contributed by atoms with Gasteiger partial charge in [0.1, 0.15) is 0 Å². The van der Waals surface area contributed by atoms with Gasteiger partial charge < -0.3 is 5.73 Å². The molecule has 0 atom stereocenters. The monoisotopic (exact) mass is 320 g/mol. The molecule has 0 saturated carbocycles. The van der Waals surface area contributed by atoms with Crippen molar-refractivity contribution in [1.82, 2.24) is 4.72 Å². The molecule has 6 heteroatoms. The van der Waals surface area contributed by atoms with Crippen LogP contribution in [0.1, 0.15) is 18.4 Å². The lowest BCUT2D eigenvalue weighted by atomic mass is 10.2. The average molecular weight is 321 g/mol. The van der Waals surface area contributed by atoms with Gasteiger partial charge in [-0.3, -0.25) is 0 Å². The molecule has 0 fully saturated rings. The highest BCUT2D eigenvalue weighted by Crippen LogP contribution is 2.10. The van der Waals surface area contributed by atoms with Gasteiger partial charge in [-0.1, -0.05) is 28.1 Å². The summed E-state index contributed by atoms with van der Waals surface area (Å²) in [5, 5.41) is 0. The summed E-state index contributed by atoms with van der Waals surface area (Å²) in [5.74, 6) is 0.140. The number of nitrogens with two attached hydrogens (primary N) is 1. The number of unbranched alkanes of at least 4 members (excludes halogenated alkanes) is 1. The van der Waals surface area contributed by atoms with Crippen molar-refractivity contribution in [2.75, 3.05) is 12.3 Å². The van der Waals surface area contributed by atoms with E-state index in [0.29, 0.717) is 19.5 Å². The van der Waals surface area contributed by atoms with Crippen molar-refractivity contribution in [2.45, 2.75) is 19.4 Å². The molecule has 1 aromatic carbocycles. The molecule has 0 aromatic heterocycles. The third kappa shape index (κ3) is 6.16. The van der Waals surface area contributed by atoms with Gasteiger partial charge in [0.25, 0.3) is 0 Å². The molecule has 3 N–H and O–H groups in total. The van der Waals surface area contributed by atoms with E-state index in [4.69, 9.17) is 5.73 Å². The second-order valence-electron chi connectivity index (χ2n) is 3.76. The lowest BCUT2D eigenvalue weighted by Crippen LogP contribution is -2.26. The Hall–Kier alpha value is -0.430. The lowest BCUT2D eigenvalue weighted by Gasteiger charge is -2.06. The van der Waals surface area contributed by atoms with Crippen molar-refractivity contribution in [1.29, 1.82) is 0 Å². The normalized spacial score (nSPS) is 11.6. The third-order valence-corrected chi connectivity index (χ3v) is 4.22. The Bertz CT molecular complexity index is 431. The molecule has 0 radical (unpaired) electrons. The number of halogens is 1. The number of benzene rings is 1. The summed E-state index contributed by atoms with van der Waals surface area (Å²) in [5.41, 5.74) is 6.26. The van der Waals surface area contributed by atoms with Gasteiger partial charge in [0.2, 0.25) is 10.0 Å². The van der Waals surface area contributed by atoms with E-state index in [2.05, 4.69) is 20.7 Å². The quantitative estimate of drug-likeness (QED) is 0.750. The molecule has 0 aliphatic heterocycles. The predicted molar refractivity (Wildman–Crippen MR) is 73.1 cm³/mol. The predicted octanol–water partition coefficient (Wildman–Crippen LogP) is 1.61. The number of rotatable bonds is 7. The van der Waals surface area contributed by atoms with Crippen molar-refractivity contribution in [3.63, 3.8) is 0 Å². The van der Waals surface area contributed by atoms with Crippen molar-refractivity contribution in [3.8, 4) is 0 Å².